The number of fused-ring (bicyclic) bond motifs is 1. The summed E-state index contributed by atoms with van der Waals surface area (Å²) in [5.41, 5.74) is 0. The maximum absolute atomic E-state index is 11.7. The molecule has 3 aliphatic rings. The Morgan fingerprint density at radius 1 is 1.45 bits per heavy atom. The van der Waals surface area contributed by atoms with Crippen LogP contribution in [0.25, 0.3) is 0 Å². The number of aliphatic hydroxyl groups is 3. The molecule has 1 fully saturated rings. The Kier molecular flexibility index (Phi) is 3.24. The van der Waals surface area contributed by atoms with Gasteiger partial charge >= 0.3 is 0 Å². The van der Waals surface area contributed by atoms with Gasteiger partial charge < -0.3 is 20.2 Å². The van der Waals surface area contributed by atoms with Crippen LogP contribution in [0.15, 0.2) is 9.98 Å². The number of aliphatic imine (C=N–C) groups is 2. The van der Waals surface area contributed by atoms with Crippen molar-refractivity contribution in [3.05, 3.63) is 0 Å². The minimum absolute atomic E-state index is 0.251. The topological polar surface area (TPSA) is 142 Å². The molecule has 9 nitrogen and oxygen atoms in total. The van der Waals surface area contributed by atoms with Gasteiger partial charge in [-0.2, -0.15) is 4.99 Å². The molecular formula is C10H13N5O4S. The van der Waals surface area contributed by atoms with Crippen molar-refractivity contribution in [3.63, 3.8) is 0 Å². The zero-order valence-electron chi connectivity index (χ0n) is 10.2. The molecule has 0 aromatic rings. The van der Waals surface area contributed by atoms with Gasteiger partial charge in [-0.3, -0.25) is 20.5 Å². The highest BCUT2D eigenvalue weighted by Gasteiger charge is 2.49. The van der Waals surface area contributed by atoms with E-state index < -0.39 is 34.8 Å². The molecule has 5 N–H and O–H groups in total. The van der Waals surface area contributed by atoms with Crippen molar-refractivity contribution in [1.29, 1.82) is 5.41 Å². The van der Waals surface area contributed by atoms with Crippen LogP contribution in [0.1, 0.15) is 0 Å². The molecule has 108 valence electrons. The number of thioether (sulfide) groups is 1. The molecule has 1 amide bonds. The van der Waals surface area contributed by atoms with Gasteiger partial charge in [0, 0.05) is 0 Å². The Morgan fingerprint density at radius 3 is 2.85 bits per heavy atom. The minimum Gasteiger partial charge on any atom is -0.395 e. The van der Waals surface area contributed by atoms with Gasteiger partial charge in [-0.25, -0.2) is 0 Å². The number of nitrogens with zero attached hydrogens (tertiary/aromatic N) is 3. The summed E-state index contributed by atoms with van der Waals surface area (Å²) in [6.07, 6.45) is -0.807. The SMILES string of the molecule is N=C1N=C2C(N=CN2[C@@H]2S[C@H](CO)[C@@H](O)[C@H]2O)C(=O)N1. The summed E-state index contributed by atoms with van der Waals surface area (Å²) in [7, 11) is 0. The number of carbonyl (C=O) groups is 1. The maximum Gasteiger partial charge on any atom is 0.259 e. The molecule has 0 radical (unpaired) electrons. The Balaban J connectivity index is 1.87. The van der Waals surface area contributed by atoms with Crippen molar-refractivity contribution < 1.29 is 20.1 Å². The lowest BCUT2D eigenvalue weighted by Crippen LogP contribution is -2.52. The molecule has 0 saturated carbocycles. The van der Waals surface area contributed by atoms with Gasteiger partial charge in [-0.05, 0) is 0 Å². The van der Waals surface area contributed by atoms with Gasteiger partial charge in [-0.15, -0.1) is 11.8 Å². The Labute approximate surface area is 117 Å². The predicted octanol–water partition coefficient (Wildman–Crippen LogP) is -2.68. The monoisotopic (exact) mass is 299 g/mol. The number of nitrogens with one attached hydrogen (secondary N) is 2. The van der Waals surface area contributed by atoms with Crippen molar-refractivity contribution in [2.75, 3.05) is 6.61 Å². The van der Waals surface area contributed by atoms with E-state index in [1.165, 1.54) is 23.0 Å². The molecule has 0 aromatic carbocycles. The van der Waals surface area contributed by atoms with Gasteiger partial charge in [0.1, 0.15) is 17.3 Å². The van der Waals surface area contributed by atoms with E-state index in [-0.39, 0.29) is 18.4 Å². The molecular weight excluding hydrogens is 286 g/mol. The van der Waals surface area contributed by atoms with Crippen molar-refractivity contribution in [1.82, 2.24) is 10.2 Å². The second-order valence-corrected chi connectivity index (χ2v) is 5.97. The van der Waals surface area contributed by atoms with E-state index in [0.717, 1.165) is 0 Å². The van der Waals surface area contributed by atoms with E-state index in [1.54, 1.807) is 0 Å². The second-order valence-electron chi connectivity index (χ2n) is 4.61. The summed E-state index contributed by atoms with van der Waals surface area (Å²) >= 11 is 1.18. The first kappa shape index (κ1) is 13.5. The number of hydrogen-bond acceptors (Lipinski definition) is 8. The molecule has 3 heterocycles. The van der Waals surface area contributed by atoms with Crippen LogP contribution in [0.5, 0.6) is 0 Å². The Hall–Kier alpha value is -1.49. The van der Waals surface area contributed by atoms with Gasteiger partial charge in [-0.1, -0.05) is 0 Å². The van der Waals surface area contributed by atoms with Crippen LogP contribution in [0.4, 0.5) is 0 Å². The molecule has 0 aromatic heterocycles. The summed E-state index contributed by atoms with van der Waals surface area (Å²) in [6, 6.07) is -0.831. The number of amidine groups is 1. The normalized spacial score (nSPS) is 39.9. The van der Waals surface area contributed by atoms with Crippen LogP contribution >= 0.6 is 11.8 Å². The molecule has 5 atom stereocenters. The standard InChI is InChI=1S/C10H13N5O4S/c11-10-13-7-4(8(19)14-10)12-2-15(7)9-6(18)5(17)3(1-16)20-9/h2-6,9,16-18H,1H2,(H2,11,14,19)/t3-,4?,5-,6-,9-/m1/s1. The number of carbonyl (C=O) groups excluding carboxylic acids is 1. The maximum atomic E-state index is 11.7. The van der Waals surface area contributed by atoms with Crippen molar-refractivity contribution >= 4 is 35.8 Å². The molecule has 20 heavy (non-hydrogen) atoms. The lowest BCUT2D eigenvalue weighted by Gasteiger charge is -2.28. The number of rotatable bonds is 2. The molecule has 1 unspecified atom stereocenters. The van der Waals surface area contributed by atoms with Crippen molar-refractivity contribution in [3.8, 4) is 0 Å². The first-order valence-electron chi connectivity index (χ1n) is 5.95. The summed E-state index contributed by atoms with van der Waals surface area (Å²) in [6.45, 7) is -0.267. The smallest absolute Gasteiger partial charge is 0.259 e. The average Bonchev–Trinajstić information content (AvgIpc) is 2.93. The molecule has 0 bridgehead atoms. The van der Waals surface area contributed by atoms with Crippen LogP contribution in [-0.4, -0.2) is 79.7 Å². The first-order chi connectivity index (χ1) is 9.52. The van der Waals surface area contributed by atoms with Gasteiger partial charge in [0.2, 0.25) is 5.96 Å². The second kappa shape index (κ2) is 4.81. The van der Waals surface area contributed by atoms with Crippen LogP contribution < -0.4 is 5.32 Å². The quantitative estimate of drug-likeness (QED) is 0.376. The van der Waals surface area contributed by atoms with Crippen LogP contribution in [0, 0.1) is 5.41 Å². The van der Waals surface area contributed by atoms with Crippen LogP contribution in [0.2, 0.25) is 0 Å². The molecule has 3 aliphatic heterocycles. The Bertz CT molecular complexity index is 524. The fraction of sp³-hybridized carbons (Fsp3) is 0.600. The Morgan fingerprint density at radius 2 is 2.20 bits per heavy atom. The average molecular weight is 299 g/mol. The molecule has 0 aliphatic carbocycles. The molecule has 3 rings (SSSR count). The highest BCUT2D eigenvalue weighted by atomic mass is 32.2. The third-order valence-electron chi connectivity index (χ3n) is 3.36. The zero-order chi connectivity index (χ0) is 14.4. The van der Waals surface area contributed by atoms with E-state index >= 15 is 0 Å². The first-order valence-corrected chi connectivity index (χ1v) is 6.89. The van der Waals surface area contributed by atoms with Crippen LogP contribution in [0.3, 0.4) is 0 Å². The lowest BCUT2D eigenvalue weighted by molar-refractivity contribution is -0.119. The highest BCUT2D eigenvalue weighted by molar-refractivity contribution is 8.00. The van der Waals surface area contributed by atoms with E-state index in [2.05, 4.69) is 15.3 Å². The summed E-state index contributed by atoms with van der Waals surface area (Å²) in [4.78, 5) is 21.1. The number of hydrogen-bond donors (Lipinski definition) is 5. The largest absolute Gasteiger partial charge is 0.395 e. The van der Waals surface area contributed by atoms with Crippen molar-refractivity contribution in [2.45, 2.75) is 28.9 Å². The molecule has 1 saturated heterocycles. The predicted molar refractivity (Wildman–Crippen MR) is 71.7 cm³/mol. The highest BCUT2D eigenvalue weighted by Crippen LogP contribution is 2.37. The van der Waals surface area contributed by atoms with Gasteiger partial charge in [0.15, 0.2) is 6.04 Å². The van der Waals surface area contributed by atoms with E-state index in [9.17, 15) is 15.0 Å². The van der Waals surface area contributed by atoms with E-state index in [0.29, 0.717) is 0 Å². The van der Waals surface area contributed by atoms with Crippen molar-refractivity contribution in [2.24, 2.45) is 9.98 Å². The van der Waals surface area contributed by atoms with Gasteiger partial charge in [0.05, 0.1) is 24.3 Å². The summed E-state index contributed by atoms with van der Waals surface area (Å²) in [5, 5.41) is 37.6. The fourth-order valence-electron chi connectivity index (χ4n) is 2.34. The number of guanidine groups is 1. The number of amides is 1. The van der Waals surface area contributed by atoms with Crippen LogP contribution in [-0.2, 0) is 4.79 Å². The van der Waals surface area contributed by atoms with Gasteiger partial charge in [0.25, 0.3) is 5.91 Å². The molecule has 10 heteroatoms. The zero-order valence-corrected chi connectivity index (χ0v) is 11.0. The third kappa shape index (κ3) is 1.92. The lowest BCUT2D eigenvalue weighted by atomic mass is 10.1. The van der Waals surface area contributed by atoms with E-state index in [1.807, 2.05) is 0 Å². The van der Waals surface area contributed by atoms with E-state index in [4.69, 9.17) is 10.5 Å². The fourth-order valence-corrected chi connectivity index (χ4v) is 3.72. The summed E-state index contributed by atoms with van der Waals surface area (Å²) in [5.74, 6) is -0.481. The molecule has 0 spiro atoms. The summed E-state index contributed by atoms with van der Waals surface area (Å²) < 4.78 is 0. The minimum atomic E-state index is -1.11. The number of aliphatic hydroxyl groups excluding tert-OH is 3. The third-order valence-corrected chi connectivity index (χ3v) is 4.92.